The molecule has 25 heteroatoms. The molecule has 412 valence electrons. The molecule has 4 amide bonds. The molecular weight excluding hydrogens is 1030 g/mol. The van der Waals surface area contributed by atoms with Crippen LogP contribution in [0.15, 0.2) is 118 Å². The number of hydroxylamine groups is 1. The number of phenolic OH excluding ortho intramolecular Hbond substituents is 2. The Hall–Kier alpha value is -9.91. The highest BCUT2D eigenvalue weighted by Crippen LogP contribution is 2.57. The van der Waals surface area contributed by atoms with Crippen molar-refractivity contribution in [3.63, 3.8) is 0 Å². The molecule has 7 rings (SSSR count). The van der Waals surface area contributed by atoms with Crippen LogP contribution in [0.5, 0.6) is 23.0 Å². The highest BCUT2D eigenvalue weighted by atomic mass is 16.7. The predicted molar refractivity (Wildman–Crippen MR) is 283 cm³/mol. The number of benzene rings is 5. The van der Waals surface area contributed by atoms with Crippen LogP contribution >= 0.6 is 0 Å². The number of nitrogens with zero attached hydrogens (tertiary/aromatic N) is 4. The summed E-state index contributed by atoms with van der Waals surface area (Å²) in [7, 11) is 3.85. The fourth-order valence-electron chi connectivity index (χ4n) is 8.18. The smallest absolute Gasteiger partial charge is 0.356 e. The van der Waals surface area contributed by atoms with Crippen molar-refractivity contribution in [2.75, 3.05) is 25.5 Å². The van der Waals surface area contributed by atoms with Crippen LogP contribution < -0.4 is 47.9 Å². The maximum absolute atomic E-state index is 13.5. The van der Waals surface area contributed by atoms with Gasteiger partial charge in [0.05, 0.1) is 28.1 Å². The summed E-state index contributed by atoms with van der Waals surface area (Å²) in [5.74, 6) is -7.44. The molecule has 0 unspecified atom stereocenters. The zero-order valence-corrected chi connectivity index (χ0v) is 43.6. The van der Waals surface area contributed by atoms with Gasteiger partial charge in [0.25, 0.3) is 0 Å². The van der Waals surface area contributed by atoms with Crippen molar-refractivity contribution < 1.29 is 67.6 Å². The average Bonchev–Trinajstić information content (AvgIpc) is 3.76. The van der Waals surface area contributed by atoms with Crippen LogP contribution in [0.2, 0.25) is 0 Å². The molecule has 5 aromatic rings. The van der Waals surface area contributed by atoms with E-state index in [1.807, 2.05) is 43.3 Å². The van der Waals surface area contributed by atoms with Gasteiger partial charge in [-0.2, -0.15) is 10.2 Å². The van der Waals surface area contributed by atoms with E-state index < -0.39 is 83.3 Å². The number of fused-ring (bicyclic) bond motifs is 6. The first-order valence-corrected chi connectivity index (χ1v) is 24.6. The number of phenols is 2. The van der Waals surface area contributed by atoms with Crippen molar-refractivity contribution in [1.29, 1.82) is 0 Å². The van der Waals surface area contributed by atoms with E-state index in [-0.39, 0.29) is 70.6 Å². The van der Waals surface area contributed by atoms with Crippen LogP contribution in [0.1, 0.15) is 88.3 Å². The third kappa shape index (κ3) is 13.4. The van der Waals surface area contributed by atoms with E-state index in [1.54, 1.807) is 12.1 Å². The lowest BCUT2D eigenvalue weighted by Crippen LogP contribution is -2.56. The fraction of sp³-hybridized carbons (Fsp3) is 0.278. The van der Waals surface area contributed by atoms with Gasteiger partial charge < -0.3 is 66.9 Å². The molecule has 79 heavy (non-hydrogen) atoms. The topological polar surface area (TPSA) is 366 Å². The number of rotatable bonds is 20. The summed E-state index contributed by atoms with van der Waals surface area (Å²) in [6.45, 7) is 5.34. The quantitative estimate of drug-likeness (QED) is 0.00785. The molecule has 2 aliphatic rings. The van der Waals surface area contributed by atoms with Crippen LogP contribution in [-0.4, -0.2) is 115 Å². The summed E-state index contributed by atoms with van der Waals surface area (Å²) in [4.78, 5) is 117. The Morgan fingerprint density at radius 2 is 1.14 bits per heavy atom. The van der Waals surface area contributed by atoms with Crippen molar-refractivity contribution in [3.8, 4) is 23.0 Å². The van der Waals surface area contributed by atoms with E-state index in [4.69, 9.17) is 30.5 Å². The lowest BCUT2D eigenvalue weighted by molar-refractivity contribution is -0.142. The van der Waals surface area contributed by atoms with E-state index in [2.05, 4.69) is 42.0 Å². The molecule has 0 radical (unpaired) electrons. The molecule has 1 spiro atoms. The van der Waals surface area contributed by atoms with E-state index >= 15 is 0 Å². The van der Waals surface area contributed by atoms with Gasteiger partial charge in [-0.25, -0.2) is 19.2 Å². The highest BCUT2D eigenvalue weighted by Gasteiger charge is 2.54. The molecule has 25 nitrogen and oxygen atoms in total. The number of amides is 4. The minimum Gasteiger partial charge on any atom is -0.508 e. The Balaban J connectivity index is 0.891. The minimum atomic E-state index is -1.71. The molecule has 0 bridgehead atoms. The first kappa shape index (κ1) is 56.8. The van der Waals surface area contributed by atoms with Crippen LogP contribution in [0.25, 0.3) is 0 Å². The van der Waals surface area contributed by atoms with Gasteiger partial charge in [0.15, 0.2) is 11.6 Å². The standard InChI is InChI=1S/C54H57N11O14/c1-27(58-46(69)29(3)60-48(71)42(8-7-23-57-53(55)56)64-79-51(74)31-9-12-33(13-10-31)62-63-34-14-16-35(17-15-34)65(5)6)45(68)59-28(2)47(70)61-30(4)49(72)77-50(73)32-11-20-38-41(24-32)54(78-52(38)75)39-21-18-36(66)25-43(39)76-44-26-37(67)19-22-40(44)54/h9-22,24-30,42,64,66-67H,7-8,23H2,1-6H3,(H,58,69)(H,59,68)(H,60,71)(H,61,70)(H4,55,56,57)/t27-,28-,29-,30-,42-/m0/s1. The number of carbonyl (C=O) groups is 8. The maximum Gasteiger partial charge on any atom is 0.356 e. The summed E-state index contributed by atoms with van der Waals surface area (Å²) in [6, 6.07) is 19.2. The van der Waals surface area contributed by atoms with Crippen molar-refractivity contribution in [3.05, 3.63) is 137 Å². The van der Waals surface area contributed by atoms with Gasteiger partial charge in [-0.3, -0.25) is 24.2 Å². The number of nitrogens with one attached hydrogen (secondary N) is 5. The Bertz CT molecular complexity index is 3200. The van der Waals surface area contributed by atoms with Gasteiger partial charge in [-0.05, 0) is 132 Å². The van der Waals surface area contributed by atoms with Gasteiger partial charge >= 0.3 is 23.9 Å². The Kier molecular flexibility index (Phi) is 17.5. The minimum absolute atomic E-state index is 0.0441. The average molecular weight is 1080 g/mol. The molecule has 0 aromatic heterocycles. The fourth-order valence-corrected chi connectivity index (χ4v) is 8.18. The SMILES string of the molecule is C[C@H](NC(=O)[C@H](C)NC(=O)[C@H](CCCN=C(N)N)NOC(=O)c1ccc(N=Nc2ccc(N(C)C)cc2)cc1)C(=O)N[C@@H](C)C(=O)N[C@@H](C)C(=O)OC(=O)c1ccc2c(c1)C1(OC2=O)c2ccc(O)cc2Oc2cc(O)ccc21. The zero-order chi connectivity index (χ0) is 57.3. The number of aliphatic imine (C=N–C) groups is 1. The summed E-state index contributed by atoms with van der Waals surface area (Å²) in [5.41, 5.74) is 14.5. The summed E-state index contributed by atoms with van der Waals surface area (Å²) < 4.78 is 17.1. The number of anilines is 1. The number of guanidine groups is 1. The van der Waals surface area contributed by atoms with Gasteiger partial charge in [0.2, 0.25) is 23.6 Å². The molecular formula is C54H57N11O14. The van der Waals surface area contributed by atoms with E-state index in [1.165, 1.54) is 94.4 Å². The Morgan fingerprint density at radius 3 is 1.67 bits per heavy atom. The lowest BCUT2D eigenvalue weighted by Gasteiger charge is -2.36. The Morgan fingerprint density at radius 1 is 0.633 bits per heavy atom. The van der Waals surface area contributed by atoms with E-state index in [9.17, 15) is 48.6 Å². The summed E-state index contributed by atoms with van der Waals surface area (Å²) in [5, 5.41) is 38.6. The first-order chi connectivity index (χ1) is 37.5. The monoisotopic (exact) mass is 1080 g/mol. The Labute approximate surface area is 451 Å². The third-order valence-corrected chi connectivity index (χ3v) is 12.5. The number of hydrogen-bond donors (Lipinski definition) is 9. The number of ether oxygens (including phenoxy) is 3. The second-order valence-electron chi connectivity index (χ2n) is 18.6. The molecule has 2 aliphatic heterocycles. The number of nitrogens with two attached hydrogens (primary N) is 2. The highest BCUT2D eigenvalue weighted by molar-refractivity contribution is 6.03. The number of esters is 3. The maximum atomic E-state index is 13.5. The zero-order valence-electron chi connectivity index (χ0n) is 43.6. The largest absolute Gasteiger partial charge is 0.508 e. The van der Waals surface area contributed by atoms with Gasteiger partial charge in [0.1, 0.15) is 53.2 Å². The normalized spacial score (nSPS) is 14.5. The number of hydrogen-bond acceptors (Lipinski definition) is 19. The first-order valence-electron chi connectivity index (χ1n) is 24.6. The number of carbonyl (C=O) groups excluding carboxylic acids is 8. The van der Waals surface area contributed by atoms with E-state index in [0.717, 1.165) is 5.69 Å². The summed E-state index contributed by atoms with van der Waals surface area (Å²) in [6.07, 6.45) is 0.295. The van der Waals surface area contributed by atoms with Crippen LogP contribution in [0.4, 0.5) is 17.1 Å². The molecule has 5 atom stereocenters. The van der Waals surface area contributed by atoms with Crippen molar-refractivity contribution in [1.82, 2.24) is 26.7 Å². The molecule has 0 saturated carbocycles. The number of aromatic hydroxyl groups is 2. The van der Waals surface area contributed by atoms with E-state index in [0.29, 0.717) is 22.5 Å². The van der Waals surface area contributed by atoms with Crippen molar-refractivity contribution in [2.24, 2.45) is 26.7 Å². The van der Waals surface area contributed by atoms with Crippen LogP contribution in [0, 0.1) is 0 Å². The lowest BCUT2D eigenvalue weighted by atomic mass is 9.77. The molecule has 0 saturated heterocycles. The molecule has 2 heterocycles. The van der Waals surface area contributed by atoms with Crippen LogP contribution in [0.3, 0.4) is 0 Å². The molecule has 0 aliphatic carbocycles. The predicted octanol–water partition coefficient (Wildman–Crippen LogP) is 3.63. The molecule has 0 fully saturated rings. The summed E-state index contributed by atoms with van der Waals surface area (Å²) >= 11 is 0. The van der Waals surface area contributed by atoms with Crippen molar-refractivity contribution >= 4 is 70.5 Å². The van der Waals surface area contributed by atoms with Gasteiger partial charge in [0, 0.05) is 55.2 Å². The van der Waals surface area contributed by atoms with Gasteiger partial charge in [-0.1, -0.05) is 0 Å². The molecule has 11 N–H and O–H groups in total. The van der Waals surface area contributed by atoms with Crippen molar-refractivity contribution in [2.45, 2.75) is 76.3 Å². The van der Waals surface area contributed by atoms with Crippen LogP contribution in [-0.2, 0) is 43.9 Å². The second kappa shape index (κ2) is 24.4. The third-order valence-electron chi connectivity index (χ3n) is 12.5. The second-order valence-corrected chi connectivity index (χ2v) is 18.6. The van der Waals surface area contributed by atoms with Gasteiger partial charge in [-0.15, -0.1) is 5.48 Å². The number of azo groups is 1. The molecule has 5 aromatic carbocycles.